The zero-order chi connectivity index (χ0) is 29.1. The number of fused-ring (bicyclic) bond motifs is 1. The molecular weight excluding hydrogens is 575 g/mol. The molecule has 15 heteroatoms. The third-order valence-electron chi connectivity index (χ3n) is 5.72. The summed E-state index contributed by atoms with van der Waals surface area (Å²) in [5.41, 5.74) is 0.375. The SMILES string of the molecule is CS(=O)(=O)CCN(C(=O)O)C1=Cc2c(ncnc2Nc2ccc(Oc3cccc(C(F)(F)F)c3)c(Cl)c2)NCC1. The van der Waals surface area contributed by atoms with Crippen molar-refractivity contribution in [3.05, 3.63) is 70.6 Å². The number of sulfone groups is 1. The summed E-state index contributed by atoms with van der Waals surface area (Å²) < 4.78 is 67.9. The van der Waals surface area contributed by atoms with Gasteiger partial charge in [0, 0.05) is 37.2 Å². The van der Waals surface area contributed by atoms with Gasteiger partial charge in [-0.25, -0.2) is 23.2 Å². The molecule has 0 aliphatic carbocycles. The zero-order valence-electron chi connectivity index (χ0n) is 20.9. The molecule has 2 aromatic carbocycles. The van der Waals surface area contributed by atoms with Crippen molar-refractivity contribution in [3.63, 3.8) is 0 Å². The molecule has 0 spiro atoms. The number of alkyl halides is 3. The van der Waals surface area contributed by atoms with E-state index < -0.39 is 27.7 Å². The van der Waals surface area contributed by atoms with Gasteiger partial charge in [-0.05, 0) is 42.5 Å². The van der Waals surface area contributed by atoms with Gasteiger partial charge in [-0.15, -0.1) is 0 Å². The third kappa shape index (κ3) is 7.33. The second-order valence-corrected chi connectivity index (χ2v) is 11.4. The minimum atomic E-state index is -4.52. The topological polar surface area (TPSA) is 134 Å². The van der Waals surface area contributed by atoms with E-state index in [1.54, 1.807) is 12.1 Å². The number of hydrogen-bond acceptors (Lipinski definition) is 8. The van der Waals surface area contributed by atoms with Gasteiger partial charge in [-0.3, -0.25) is 4.90 Å². The average Bonchev–Trinajstić information content (AvgIpc) is 3.08. The predicted molar refractivity (Wildman–Crippen MR) is 144 cm³/mol. The second kappa shape index (κ2) is 11.6. The summed E-state index contributed by atoms with van der Waals surface area (Å²) in [6, 6.07) is 8.94. The van der Waals surface area contributed by atoms with Crippen molar-refractivity contribution in [2.75, 3.05) is 35.7 Å². The zero-order valence-corrected chi connectivity index (χ0v) is 22.4. The van der Waals surface area contributed by atoms with Crippen LogP contribution in [0.2, 0.25) is 5.02 Å². The van der Waals surface area contributed by atoms with E-state index in [2.05, 4.69) is 20.6 Å². The lowest BCUT2D eigenvalue weighted by molar-refractivity contribution is -0.137. The van der Waals surface area contributed by atoms with Crippen LogP contribution in [0, 0.1) is 0 Å². The Hall–Kier alpha value is -4.04. The average molecular weight is 598 g/mol. The first-order valence-corrected chi connectivity index (χ1v) is 14.1. The molecule has 212 valence electrons. The predicted octanol–water partition coefficient (Wildman–Crippen LogP) is 5.87. The molecule has 0 fully saturated rings. The molecule has 1 amide bonds. The summed E-state index contributed by atoms with van der Waals surface area (Å²) in [5.74, 6) is 0.464. The van der Waals surface area contributed by atoms with Crippen molar-refractivity contribution in [2.45, 2.75) is 12.6 Å². The van der Waals surface area contributed by atoms with Gasteiger partial charge in [0.2, 0.25) is 0 Å². The molecule has 40 heavy (non-hydrogen) atoms. The van der Waals surface area contributed by atoms with Crippen LogP contribution in [0.5, 0.6) is 11.5 Å². The van der Waals surface area contributed by atoms with Gasteiger partial charge in [0.1, 0.15) is 39.3 Å². The van der Waals surface area contributed by atoms with E-state index in [-0.39, 0.29) is 35.2 Å². The van der Waals surface area contributed by atoms with E-state index in [9.17, 15) is 31.5 Å². The fourth-order valence-corrected chi connectivity index (χ4v) is 4.55. The largest absolute Gasteiger partial charge is 0.465 e. The molecule has 10 nitrogen and oxygen atoms in total. The number of hydrogen-bond donors (Lipinski definition) is 3. The monoisotopic (exact) mass is 597 g/mol. The number of carbonyl (C=O) groups is 1. The number of amides is 1. The van der Waals surface area contributed by atoms with Crippen molar-refractivity contribution >= 4 is 50.9 Å². The van der Waals surface area contributed by atoms with Gasteiger partial charge in [0.25, 0.3) is 0 Å². The first-order chi connectivity index (χ1) is 18.8. The standard InChI is InChI=1S/C25H23ClF3N5O5S/c1-40(37,38)10-9-34(24(35)36)17-7-8-30-22-19(13-17)23(32-14-31-22)33-16-5-6-21(20(26)12-16)39-18-4-2-3-15(11-18)25(27,28)29/h2-6,11-14H,7-10H2,1H3,(H,35,36)(H2,30,31,32,33). The van der Waals surface area contributed by atoms with E-state index in [1.165, 1.54) is 30.6 Å². The summed E-state index contributed by atoms with van der Waals surface area (Å²) in [6.07, 6.45) is -1.64. The first kappa shape index (κ1) is 29.0. The first-order valence-electron chi connectivity index (χ1n) is 11.7. The summed E-state index contributed by atoms with van der Waals surface area (Å²) in [6.45, 7) is 0.0973. The lowest BCUT2D eigenvalue weighted by Gasteiger charge is -2.21. The number of nitrogens with one attached hydrogen (secondary N) is 2. The molecule has 1 aromatic heterocycles. The van der Waals surface area contributed by atoms with E-state index in [0.29, 0.717) is 35.1 Å². The van der Waals surface area contributed by atoms with Gasteiger partial charge < -0.3 is 20.5 Å². The lowest BCUT2D eigenvalue weighted by Crippen LogP contribution is -2.33. The van der Waals surface area contributed by atoms with Crippen molar-refractivity contribution in [1.82, 2.24) is 14.9 Å². The number of nitrogens with zero attached hydrogens (tertiary/aromatic N) is 3. The molecule has 0 bridgehead atoms. The number of anilines is 3. The van der Waals surface area contributed by atoms with E-state index in [4.69, 9.17) is 16.3 Å². The highest BCUT2D eigenvalue weighted by molar-refractivity contribution is 7.90. The Kier molecular flexibility index (Phi) is 8.40. The quantitative estimate of drug-likeness (QED) is 0.292. The Morgan fingerprint density at radius 1 is 1.23 bits per heavy atom. The van der Waals surface area contributed by atoms with Crippen LogP contribution in [0.15, 0.2) is 54.5 Å². The van der Waals surface area contributed by atoms with Gasteiger partial charge in [-0.1, -0.05) is 17.7 Å². The summed E-state index contributed by atoms with van der Waals surface area (Å²) in [7, 11) is -3.40. The minimum Gasteiger partial charge on any atom is -0.465 e. The maximum atomic E-state index is 13.0. The molecule has 2 heterocycles. The Bertz CT molecular complexity index is 1570. The third-order valence-corrected chi connectivity index (χ3v) is 6.94. The summed E-state index contributed by atoms with van der Waals surface area (Å²) >= 11 is 6.35. The number of halogens is 4. The maximum absolute atomic E-state index is 13.0. The fraction of sp³-hybridized carbons (Fsp3) is 0.240. The molecule has 0 unspecified atom stereocenters. The van der Waals surface area contributed by atoms with E-state index >= 15 is 0 Å². The number of aromatic nitrogens is 2. The van der Waals surface area contributed by atoms with Gasteiger partial charge in [0.15, 0.2) is 0 Å². The van der Waals surface area contributed by atoms with Crippen LogP contribution in [-0.2, 0) is 16.0 Å². The normalized spacial score (nSPS) is 13.4. The van der Waals surface area contributed by atoms with Gasteiger partial charge >= 0.3 is 12.3 Å². The Morgan fingerprint density at radius 3 is 2.67 bits per heavy atom. The van der Waals surface area contributed by atoms with Crippen LogP contribution in [0.4, 0.5) is 35.3 Å². The van der Waals surface area contributed by atoms with E-state index in [0.717, 1.165) is 23.3 Å². The molecule has 1 aliphatic heterocycles. The molecular formula is C25H23ClF3N5O5S. The Morgan fingerprint density at radius 2 is 2.00 bits per heavy atom. The molecule has 1 aliphatic rings. The minimum absolute atomic E-state index is 0.0406. The Balaban J connectivity index is 1.59. The molecule has 4 rings (SSSR count). The van der Waals surface area contributed by atoms with Crippen molar-refractivity contribution in [3.8, 4) is 11.5 Å². The Labute approximate surface area is 232 Å². The summed E-state index contributed by atoms with van der Waals surface area (Å²) in [5, 5.41) is 16.0. The highest BCUT2D eigenvalue weighted by Gasteiger charge is 2.30. The molecule has 0 radical (unpaired) electrons. The van der Waals surface area contributed by atoms with Crippen LogP contribution in [0.3, 0.4) is 0 Å². The highest BCUT2D eigenvalue weighted by Crippen LogP contribution is 2.37. The van der Waals surface area contributed by atoms with Crippen LogP contribution in [0.1, 0.15) is 17.5 Å². The lowest BCUT2D eigenvalue weighted by atomic mass is 10.2. The van der Waals surface area contributed by atoms with Crippen LogP contribution in [-0.4, -0.2) is 59.6 Å². The molecule has 3 N–H and O–H groups in total. The van der Waals surface area contributed by atoms with Crippen molar-refractivity contribution in [2.24, 2.45) is 0 Å². The maximum Gasteiger partial charge on any atom is 0.416 e. The molecule has 0 saturated heterocycles. The number of benzene rings is 2. The second-order valence-electron chi connectivity index (χ2n) is 8.76. The summed E-state index contributed by atoms with van der Waals surface area (Å²) in [4.78, 5) is 21.4. The molecule has 0 saturated carbocycles. The van der Waals surface area contributed by atoms with Crippen molar-refractivity contribution in [1.29, 1.82) is 0 Å². The van der Waals surface area contributed by atoms with Crippen LogP contribution < -0.4 is 15.4 Å². The molecule has 0 atom stereocenters. The smallest absolute Gasteiger partial charge is 0.416 e. The highest BCUT2D eigenvalue weighted by atomic mass is 35.5. The number of rotatable bonds is 8. The number of ether oxygens (including phenoxy) is 1. The molecule has 3 aromatic rings. The van der Waals surface area contributed by atoms with Crippen LogP contribution >= 0.6 is 11.6 Å². The number of carboxylic acid groups (broad SMARTS) is 1. The van der Waals surface area contributed by atoms with Gasteiger partial charge in [0.05, 0.1) is 21.9 Å². The van der Waals surface area contributed by atoms with E-state index in [1.807, 2.05) is 0 Å². The fourth-order valence-electron chi connectivity index (χ4n) is 3.81. The van der Waals surface area contributed by atoms with Crippen molar-refractivity contribution < 1.29 is 36.2 Å². The van der Waals surface area contributed by atoms with Gasteiger partial charge in [-0.2, -0.15) is 13.2 Å². The van der Waals surface area contributed by atoms with Crippen LogP contribution in [0.25, 0.3) is 6.08 Å².